The van der Waals surface area contributed by atoms with Crippen LogP contribution in [0.25, 0.3) is 10.9 Å². The Balaban J connectivity index is 1.82. The molecule has 0 aliphatic heterocycles. The SMILES string of the molecule is CC(C)(NC[C@H](O)c1cc(C#N)cc2[nH]ncc12)C1CC1. The molecule has 3 rings (SSSR count). The second-order valence-corrected chi connectivity index (χ2v) is 6.40. The number of aliphatic hydroxyl groups is 1. The average Bonchev–Trinajstić information content (AvgIpc) is 3.23. The highest BCUT2D eigenvalue weighted by Gasteiger charge is 2.37. The lowest BCUT2D eigenvalue weighted by Gasteiger charge is -2.28. The van der Waals surface area contributed by atoms with Crippen LogP contribution in [0.5, 0.6) is 0 Å². The number of rotatable bonds is 5. The van der Waals surface area contributed by atoms with Crippen LogP contribution in [-0.4, -0.2) is 27.4 Å². The molecular weight excluding hydrogens is 264 g/mol. The standard InChI is InChI=1S/C16H20N4O/c1-16(2,11-3-4-11)18-9-15(21)12-5-10(7-17)6-14-13(12)8-19-20-14/h5-6,8,11,15,18,21H,3-4,9H2,1-2H3,(H,19,20)/t15-/m0/s1. The molecule has 1 fully saturated rings. The third-order valence-electron chi connectivity index (χ3n) is 4.43. The van der Waals surface area contributed by atoms with Crippen molar-refractivity contribution in [2.75, 3.05) is 6.54 Å². The third-order valence-corrected chi connectivity index (χ3v) is 4.43. The highest BCUT2D eigenvalue weighted by Crippen LogP contribution is 2.39. The predicted octanol–water partition coefficient (Wildman–Crippen LogP) is 2.25. The maximum atomic E-state index is 10.5. The molecule has 0 saturated heterocycles. The normalized spacial score (nSPS) is 16.9. The van der Waals surface area contributed by atoms with E-state index in [1.54, 1.807) is 18.3 Å². The summed E-state index contributed by atoms with van der Waals surface area (Å²) in [6, 6.07) is 5.62. The molecule has 5 nitrogen and oxygen atoms in total. The number of fused-ring (bicyclic) bond motifs is 1. The van der Waals surface area contributed by atoms with E-state index in [1.165, 1.54) is 12.8 Å². The summed E-state index contributed by atoms with van der Waals surface area (Å²) in [7, 11) is 0. The Hall–Kier alpha value is -1.90. The second kappa shape index (κ2) is 5.14. The van der Waals surface area contributed by atoms with Gasteiger partial charge in [0.05, 0.1) is 29.5 Å². The third kappa shape index (κ3) is 2.78. The number of nitrogens with one attached hydrogen (secondary N) is 2. The smallest absolute Gasteiger partial charge is 0.0992 e. The number of β-amino-alcohol motifs (C(OH)–C–C–N with tert-alkyl or cyclic N) is 1. The van der Waals surface area contributed by atoms with E-state index in [9.17, 15) is 5.11 Å². The Bertz CT molecular complexity index is 694. The number of aromatic nitrogens is 2. The van der Waals surface area contributed by atoms with Crippen molar-refractivity contribution in [2.45, 2.75) is 38.3 Å². The topological polar surface area (TPSA) is 84.7 Å². The van der Waals surface area contributed by atoms with Crippen LogP contribution < -0.4 is 5.32 Å². The van der Waals surface area contributed by atoms with E-state index in [0.29, 0.717) is 18.0 Å². The Labute approximate surface area is 124 Å². The van der Waals surface area contributed by atoms with Gasteiger partial charge in [-0.15, -0.1) is 0 Å². The zero-order valence-electron chi connectivity index (χ0n) is 12.3. The molecule has 1 heterocycles. The minimum absolute atomic E-state index is 0.0450. The van der Waals surface area contributed by atoms with E-state index in [1.807, 2.05) is 0 Å². The zero-order chi connectivity index (χ0) is 15.0. The molecule has 2 aromatic rings. The molecule has 21 heavy (non-hydrogen) atoms. The van der Waals surface area contributed by atoms with Gasteiger partial charge in [-0.25, -0.2) is 0 Å². The van der Waals surface area contributed by atoms with Gasteiger partial charge in [-0.05, 0) is 50.3 Å². The molecule has 3 N–H and O–H groups in total. The number of aromatic amines is 1. The van der Waals surface area contributed by atoms with Gasteiger partial charge in [0.2, 0.25) is 0 Å². The number of nitrogens with zero attached hydrogens (tertiary/aromatic N) is 2. The van der Waals surface area contributed by atoms with Crippen molar-refractivity contribution >= 4 is 10.9 Å². The molecule has 0 unspecified atom stereocenters. The van der Waals surface area contributed by atoms with Crippen molar-refractivity contribution in [1.29, 1.82) is 5.26 Å². The summed E-state index contributed by atoms with van der Waals surface area (Å²) in [5.74, 6) is 0.698. The number of H-pyrrole nitrogens is 1. The molecule has 110 valence electrons. The molecule has 1 saturated carbocycles. The highest BCUT2D eigenvalue weighted by molar-refractivity contribution is 5.83. The minimum Gasteiger partial charge on any atom is -0.387 e. The average molecular weight is 284 g/mol. The molecule has 5 heteroatoms. The molecule has 1 aromatic carbocycles. The van der Waals surface area contributed by atoms with Crippen LogP contribution >= 0.6 is 0 Å². The van der Waals surface area contributed by atoms with Gasteiger partial charge in [-0.3, -0.25) is 5.10 Å². The number of hydrogen-bond acceptors (Lipinski definition) is 4. The van der Waals surface area contributed by atoms with Crippen molar-refractivity contribution < 1.29 is 5.11 Å². The fourth-order valence-corrected chi connectivity index (χ4v) is 2.84. The summed E-state index contributed by atoms with van der Waals surface area (Å²) in [6.45, 7) is 4.83. The number of hydrogen-bond donors (Lipinski definition) is 3. The maximum Gasteiger partial charge on any atom is 0.0992 e. The minimum atomic E-state index is -0.656. The lowest BCUT2D eigenvalue weighted by Crippen LogP contribution is -2.43. The van der Waals surface area contributed by atoms with E-state index in [4.69, 9.17) is 5.26 Å². The van der Waals surface area contributed by atoms with E-state index < -0.39 is 6.10 Å². The van der Waals surface area contributed by atoms with Crippen molar-refractivity contribution in [3.8, 4) is 6.07 Å². The number of aliphatic hydroxyl groups excluding tert-OH is 1. The van der Waals surface area contributed by atoms with Crippen molar-refractivity contribution in [2.24, 2.45) is 5.92 Å². The Morgan fingerprint density at radius 3 is 2.95 bits per heavy atom. The summed E-state index contributed by atoms with van der Waals surface area (Å²) in [4.78, 5) is 0. The van der Waals surface area contributed by atoms with Crippen LogP contribution in [0.4, 0.5) is 0 Å². The van der Waals surface area contributed by atoms with Gasteiger partial charge in [-0.2, -0.15) is 10.4 Å². The summed E-state index contributed by atoms with van der Waals surface area (Å²) >= 11 is 0. The molecule has 1 atom stereocenters. The Morgan fingerprint density at radius 2 is 2.29 bits per heavy atom. The maximum absolute atomic E-state index is 10.5. The second-order valence-electron chi connectivity index (χ2n) is 6.40. The molecule has 0 bridgehead atoms. The first-order valence-corrected chi connectivity index (χ1v) is 7.31. The molecular formula is C16H20N4O. The van der Waals surface area contributed by atoms with Crippen LogP contribution in [0.1, 0.15) is 43.9 Å². The van der Waals surface area contributed by atoms with Gasteiger partial charge >= 0.3 is 0 Å². The van der Waals surface area contributed by atoms with Crippen LogP contribution in [0.2, 0.25) is 0 Å². The lowest BCUT2D eigenvalue weighted by atomic mass is 9.97. The Morgan fingerprint density at radius 1 is 1.52 bits per heavy atom. The van der Waals surface area contributed by atoms with Gasteiger partial charge in [-0.1, -0.05) is 0 Å². The first-order valence-electron chi connectivity index (χ1n) is 7.31. The molecule has 0 radical (unpaired) electrons. The van der Waals surface area contributed by atoms with Gasteiger partial charge in [0, 0.05) is 17.5 Å². The summed E-state index contributed by atoms with van der Waals surface area (Å²) in [5.41, 5.74) is 2.10. The highest BCUT2D eigenvalue weighted by atomic mass is 16.3. The summed E-state index contributed by atoms with van der Waals surface area (Å²) in [6.07, 6.45) is 3.55. The molecule has 1 aromatic heterocycles. The van der Waals surface area contributed by atoms with Gasteiger partial charge in [0.15, 0.2) is 0 Å². The van der Waals surface area contributed by atoms with E-state index in [2.05, 4.69) is 35.4 Å². The largest absolute Gasteiger partial charge is 0.387 e. The summed E-state index contributed by atoms with van der Waals surface area (Å²) < 4.78 is 0. The number of nitriles is 1. The molecule has 0 amide bonds. The van der Waals surface area contributed by atoms with Crippen molar-refractivity contribution in [3.63, 3.8) is 0 Å². The molecule has 0 spiro atoms. The van der Waals surface area contributed by atoms with Crippen LogP contribution in [0.3, 0.4) is 0 Å². The van der Waals surface area contributed by atoms with Crippen LogP contribution in [-0.2, 0) is 0 Å². The lowest BCUT2D eigenvalue weighted by molar-refractivity contribution is 0.158. The van der Waals surface area contributed by atoms with E-state index in [0.717, 1.165) is 16.5 Å². The Kier molecular flexibility index (Phi) is 3.44. The van der Waals surface area contributed by atoms with Gasteiger partial charge in [0.25, 0.3) is 0 Å². The monoisotopic (exact) mass is 284 g/mol. The van der Waals surface area contributed by atoms with Gasteiger partial charge in [0.1, 0.15) is 0 Å². The summed E-state index contributed by atoms with van der Waals surface area (Å²) in [5, 5.41) is 30.8. The number of benzene rings is 1. The van der Waals surface area contributed by atoms with Crippen molar-refractivity contribution in [3.05, 3.63) is 29.5 Å². The molecule has 1 aliphatic carbocycles. The molecule has 1 aliphatic rings. The van der Waals surface area contributed by atoms with Crippen LogP contribution in [0, 0.1) is 17.2 Å². The first kappa shape index (κ1) is 14.1. The first-order chi connectivity index (χ1) is 10.0. The quantitative estimate of drug-likeness (QED) is 0.786. The van der Waals surface area contributed by atoms with Gasteiger partial charge < -0.3 is 10.4 Å². The fourth-order valence-electron chi connectivity index (χ4n) is 2.84. The van der Waals surface area contributed by atoms with Crippen LogP contribution in [0.15, 0.2) is 18.3 Å². The van der Waals surface area contributed by atoms with E-state index >= 15 is 0 Å². The van der Waals surface area contributed by atoms with E-state index in [-0.39, 0.29) is 5.54 Å². The zero-order valence-corrected chi connectivity index (χ0v) is 12.3. The van der Waals surface area contributed by atoms with Crippen molar-refractivity contribution in [1.82, 2.24) is 15.5 Å². The fraction of sp³-hybridized carbons (Fsp3) is 0.500. The predicted molar refractivity (Wildman–Crippen MR) is 80.6 cm³/mol.